The number of furan rings is 2. The van der Waals surface area contributed by atoms with Gasteiger partial charge in [-0.05, 0) is 108 Å². The molecule has 0 amide bonds. The van der Waals surface area contributed by atoms with E-state index in [-0.39, 0.29) is 0 Å². The van der Waals surface area contributed by atoms with Gasteiger partial charge in [0.2, 0.25) is 0 Å². The summed E-state index contributed by atoms with van der Waals surface area (Å²) in [5.74, 6) is 0. The van der Waals surface area contributed by atoms with Crippen LogP contribution >= 0.6 is 0 Å². The molecule has 0 saturated heterocycles. The van der Waals surface area contributed by atoms with Gasteiger partial charge in [0.05, 0.1) is 0 Å². The lowest BCUT2D eigenvalue weighted by Gasteiger charge is -2.18. The van der Waals surface area contributed by atoms with E-state index < -0.39 is 0 Å². The molecule has 232 valence electrons. The SMILES string of the molecule is c1cc(-c2ccc3c(c2)oc2ccc4oc5ccccc5c4c23)cc(-c2c3ccccc3c(-c3ccc4ccccc4c3)c3ccccc23)c1. The van der Waals surface area contributed by atoms with Crippen LogP contribution in [0.4, 0.5) is 0 Å². The minimum absolute atomic E-state index is 0.870. The number of rotatable bonds is 3. The maximum Gasteiger partial charge on any atom is 0.136 e. The third-order valence-corrected chi connectivity index (χ3v) is 10.4. The van der Waals surface area contributed by atoms with Crippen LogP contribution in [0.3, 0.4) is 0 Å². The molecule has 2 heterocycles. The van der Waals surface area contributed by atoms with Crippen LogP contribution in [-0.4, -0.2) is 0 Å². The van der Waals surface area contributed by atoms with E-state index in [0.717, 1.165) is 55.0 Å². The Hall–Kier alpha value is -6.64. The zero-order valence-electron chi connectivity index (χ0n) is 27.0. The molecule has 50 heavy (non-hydrogen) atoms. The first kappa shape index (κ1) is 27.3. The Morgan fingerprint density at radius 3 is 1.46 bits per heavy atom. The Morgan fingerprint density at radius 2 is 0.760 bits per heavy atom. The summed E-state index contributed by atoms with van der Waals surface area (Å²) < 4.78 is 12.7. The molecule has 2 nitrogen and oxygen atoms in total. The second-order valence-corrected chi connectivity index (χ2v) is 13.2. The van der Waals surface area contributed by atoms with Crippen molar-refractivity contribution in [3.8, 4) is 33.4 Å². The van der Waals surface area contributed by atoms with Crippen molar-refractivity contribution in [2.24, 2.45) is 0 Å². The zero-order chi connectivity index (χ0) is 32.8. The number of benzene rings is 9. The Balaban J connectivity index is 1.10. The quantitative estimate of drug-likeness (QED) is 0.180. The van der Waals surface area contributed by atoms with Gasteiger partial charge in [-0.15, -0.1) is 0 Å². The van der Waals surface area contributed by atoms with Crippen molar-refractivity contribution in [1.29, 1.82) is 0 Å². The first-order valence-corrected chi connectivity index (χ1v) is 17.1. The lowest BCUT2D eigenvalue weighted by molar-refractivity contribution is 0.663. The normalized spacial score (nSPS) is 12.0. The van der Waals surface area contributed by atoms with Gasteiger partial charge < -0.3 is 8.83 Å². The summed E-state index contributed by atoms with van der Waals surface area (Å²) in [5, 5.41) is 11.9. The molecule has 0 spiro atoms. The van der Waals surface area contributed by atoms with Gasteiger partial charge in [-0.1, -0.05) is 127 Å². The second-order valence-electron chi connectivity index (χ2n) is 13.2. The zero-order valence-corrected chi connectivity index (χ0v) is 27.0. The van der Waals surface area contributed by atoms with Crippen molar-refractivity contribution >= 4 is 76.2 Å². The Bertz CT molecular complexity index is 3100. The number of fused-ring (bicyclic) bond motifs is 10. The van der Waals surface area contributed by atoms with E-state index in [1.54, 1.807) is 0 Å². The van der Waals surface area contributed by atoms with Crippen molar-refractivity contribution in [2.75, 3.05) is 0 Å². The van der Waals surface area contributed by atoms with Crippen LogP contribution in [0, 0.1) is 0 Å². The van der Waals surface area contributed by atoms with E-state index >= 15 is 0 Å². The van der Waals surface area contributed by atoms with Crippen molar-refractivity contribution in [2.45, 2.75) is 0 Å². The summed E-state index contributed by atoms with van der Waals surface area (Å²) >= 11 is 0. The smallest absolute Gasteiger partial charge is 0.136 e. The summed E-state index contributed by atoms with van der Waals surface area (Å²) in [6, 6.07) is 61.0. The van der Waals surface area contributed by atoms with Crippen LogP contribution in [-0.2, 0) is 0 Å². The number of hydrogen-bond donors (Lipinski definition) is 0. The van der Waals surface area contributed by atoms with Crippen molar-refractivity contribution in [1.82, 2.24) is 0 Å². The largest absolute Gasteiger partial charge is 0.456 e. The Kier molecular flexibility index (Phi) is 5.70. The second kappa shape index (κ2) is 10.4. The van der Waals surface area contributed by atoms with Crippen molar-refractivity contribution < 1.29 is 8.83 Å². The van der Waals surface area contributed by atoms with Crippen LogP contribution < -0.4 is 0 Å². The van der Waals surface area contributed by atoms with Gasteiger partial charge in [-0.3, -0.25) is 0 Å². The average molecular weight is 637 g/mol. The van der Waals surface area contributed by atoms with Gasteiger partial charge in [0, 0.05) is 21.5 Å². The molecular formula is C48H28O2. The molecule has 0 unspecified atom stereocenters. The van der Waals surface area contributed by atoms with Gasteiger partial charge in [0.25, 0.3) is 0 Å². The van der Waals surface area contributed by atoms with Crippen molar-refractivity contribution in [3.63, 3.8) is 0 Å². The molecule has 2 heteroatoms. The molecule has 0 atom stereocenters. The molecule has 0 bridgehead atoms. The molecule has 0 saturated carbocycles. The van der Waals surface area contributed by atoms with E-state index in [1.165, 1.54) is 54.6 Å². The van der Waals surface area contributed by atoms with E-state index in [4.69, 9.17) is 8.83 Å². The molecule has 11 rings (SSSR count). The molecule has 0 aliphatic rings. The highest BCUT2D eigenvalue weighted by Crippen LogP contribution is 2.45. The van der Waals surface area contributed by atoms with E-state index in [0.29, 0.717) is 0 Å². The maximum atomic E-state index is 6.51. The maximum absolute atomic E-state index is 6.51. The molecule has 0 radical (unpaired) electrons. The van der Waals surface area contributed by atoms with Crippen LogP contribution in [0.1, 0.15) is 0 Å². The van der Waals surface area contributed by atoms with E-state index in [9.17, 15) is 0 Å². The first-order valence-electron chi connectivity index (χ1n) is 17.1. The predicted octanol–water partition coefficient (Wildman–Crippen LogP) is 13.9. The average Bonchev–Trinajstić information content (AvgIpc) is 3.74. The lowest BCUT2D eigenvalue weighted by Crippen LogP contribution is -1.91. The fourth-order valence-corrected chi connectivity index (χ4v) is 8.21. The third-order valence-electron chi connectivity index (χ3n) is 10.4. The van der Waals surface area contributed by atoms with Gasteiger partial charge in [-0.2, -0.15) is 0 Å². The Morgan fingerprint density at radius 1 is 0.260 bits per heavy atom. The van der Waals surface area contributed by atoms with Gasteiger partial charge in [-0.25, -0.2) is 0 Å². The molecule has 0 N–H and O–H groups in total. The Labute approximate surface area is 287 Å². The summed E-state index contributed by atoms with van der Waals surface area (Å²) in [6.07, 6.45) is 0. The molecular weight excluding hydrogens is 609 g/mol. The molecule has 11 aromatic rings. The van der Waals surface area contributed by atoms with E-state index in [2.05, 4.69) is 146 Å². The van der Waals surface area contributed by atoms with Crippen LogP contribution in [0.2, 0.25) is 0 Å². The van der Waals surface area contributed by atoms with Gasteiger partial charge >= 0.3 is 0 Å². The number of para-hydroxylation sites is 1. The monoisotopic (exact) mass is 636 g/mol. The highest BCUT2D eigenvalue weighted by molar-refractivity contribution is 6.26. The van der Waals surface area contributed by atoms with Crippen LogP contribution in [0.15, 0.2) is 179 Å². The fourth-order valence-electron chi connectivity index (χ4n) is 8.21. The predicted molar refractivity (Wildman–Crippen MR) is 210 cm³/mol. The van der Waals surface area contributed by atoms with Gasteiger partial charge in [0.1, 0.15) is 22.3 Å². The van der Waals surface area contributed by atoms with E-state index in [1.807, 2.05) is 24.3 Å². The molecule has 9 aromatic carbocycles. The number of hydrogen-bond acceptors (Lipinski definition) is 2. The van der Waals surface area contributed by atoms with Crippen molar-refractivity contribution in [3.05, 3.63) is 170 Å². The highest BCUT2D eigenvalue weighted by Gasteiger charge is 2.19. The topological polar surface area (TPSA) is 26.3 Å². The fraction of sp³-hybridized carbons (Fsp3) is 0. The molecule has 2 aromatic heterocycles. The molecule has 0 aliphatic heterocycles. The summed E-state index contributed by atoms with van der Waals surface area (Å²) in [5.41, 5.74) is 10.7. The molecule has 0 fully saturated rings. The highest BCUT2D eigenvalue weighted by atomic mass is 16.3. The summed E-state index contributed by atoms with van der Waals surface area (Å²) in [4.78, 5) is 0. The third kappa shape index (κ3) is 3.96. The molecule has 0 aliphatic carbocycles. The first-order chi connectivity index (χ1) is 24.8. The van der Waals surface area contributed by atoms with Crippen LogP contribution in [0.5, 0.6) is 0 Å². The minimum Gasteiger partial charge on any atom is -0.456 e. The lowest BCUT2D eigenvalue weighted by atomic mass is 9.85. The summed E-state index contributed by atoms with van der Waals surface area (Å²) in [6.45, 7) is 0. The van der Waals surface area contributed by atoms with Crippen LogP contribution in [0.25, 0.3) is 110 Å². The standard InChI is InChI=1S/C48H28O2/c1-2-11-30-26-34(21-20-29(30)10-1)46-37-16-5-3-14-35(37)45(36-15-4-6-17-38(36)46)33-13-9-12-31(27-33)32-22-23-40-44(28-32)50-43-25-24-42-47(48(40)43)39-18-7-8-19-41(39)49-42/h1-28H. The minimum atomic E-state index is 0.870. The summed E-state index contributed by atoms with van der Waals surface area (Å²) in [7, 11) is 0. The van der Waals surface area contributed by atoms with Gasteiger partial charge in [0.15, 0.2) is 0 Å².